The lowest BCUT2D eigenvalue weighted by atomic mass is 10.0. The second-order valence-corrected chi connectivity index (χ2v) is 4.22. The molecule has 0 bridgehead atoms. The first-order valence-electron chi connectivity index (χ1n) is 6.11. The predicted octanol–water partition coefficient (Wildman–Crippen LogP) is 3.11. The van der Waals surface area contributed by atoms with Crippen LogP contribution in [0.15, 0.2) is 18.2 Å². The Morgan fingerprint density at radius 1 is 1.33 bits per heavy atom. The van der Waals surface area contributed by atoms with Gasteiger partial charge in [-0.2, -0.15) is 13.2 Å². The molecule has 0 heterocycles. The van der Waals surface area contributed by atoms with Crippen LogP contribution >= 0.6 is 0 Å². The minimum Gasteiger partial charge on any atom is -0.369 e. The van der Waals surface area contributed by atoms with Crippen LogP contribution < -0.4 is 5.32 Å². The molecule has 0 fully saturated rings. The zero-order valence-corrected chi connectivity index (χ0v) is 11.3. The normalized spacial score (nSPS) is 14.6. The van der Waals surface area contributed by atoms with Crippen molar-refractivity contribution in [1.29, 1.82) is 0 Å². The zero-order valence-electron chi connectivity index (χ0n) is 11.3. The molecule has 0 aliphatic heterocycles. The number of halogens is 5. The fraction of sp³-hybridized carbons (Fsp3) is 0.462. The Bertz CT molecular complexity index is 504. The number of nitrogens with one attached hydrogen (secondary N) is 1. The second-order valence-electron chi connectivity index (χ2n) is 4.22. The number of benzene rings is 1. The summed E-state index contributed by atoms with van der Waals surface area (Å²) in [4.78, 5) is 11.6. The lowest BCUT2D eigenvalue weighted by molar-refractivity contribution is -0.167. The maximum Gasteiger partial charge on any atom is 0.412 e. The van der Waals surface area contributed by atoms with E-state index < -0.39 is 41.4 Å². The molecule has 0 saturated heterocycles. The van der Waals surface area contributed by atoms with Gasteiger partial charge in [0.05, 0.1) is 0 Å². The molecule has 0 unspecified atom stereocenters. The largest absolute Gasteiger partial charge is 0.412 e. The van der Waals surface area contributed by atoms with Crippen molar-refractivity contribution in [3.8, 4) is 0 Å². The van der Waals surface area contributed by atoms with Crippen LogP contribution in [-0.4, -0.2) is 24.8 Å². The summed E-state index contributed by atoms with van der Waals surface area (Å²) in [5, 5.41) is 1.63. The average molecular weight is 311 g/mol. The molecule has 0 aliphatic rings. The molecular weight excluding hydrogens is 297 g/mol. The van der Waals surface area contributed by atoms with Crippen LogP contribution in [0.25, 0.3) is 0 Å². The Morgan fingerprint density at radius 3 is 2.48 bits per heavy atom. The molecule has 118 valence electrons. The molecule has 1 N–H and O–H groups in total. The Labute approximate surface area is 118 Å². The molecule has 21 heavy (non-hydrogen) atoms. The Hall–Kier alpha value is -1.70. The fourth-order valence-electron chi connectivity index (χ4n) is 1.66. The first kappa shape index (κ1) is 17.4. The monoisotopic (exact) mass is 311 g/mol. The van der Waals surface area contributed by atoms with E-state index in [2.05, 4.69) is 0 Å². The Morgan fingerprint density at radius 2 is 1.95 bits per heavy atom. The maximum atomic E-state index is 13.5. The number of carbonyl (C=O) groups excluding carboxylic acids is 1. The van der Waals surface area contributed by atoms with Crippen molar-refractivity contribution in [2.75, 3.05) is 6.61 Å². The van der Waals surface area contributed by atoms with Gasteiger partial charge in [0.2, 0.25) is 5.91 Å². The van der Waals surface area contributed by atoms with E-state index in [4.69, 9.17) is 4.74 Å². The molecule has 3 nitrogen and oxygen atoms in total. The van der Waals surface area contributed by atoms with Crippen LogP contribution in [0.2, 0.25) is 0 Å². The van der Waals surface area contributed by atoms with Crippen LogP contribution in [0, 0.1) is 11.6 Å². The van der Waals surface area contributed by atoms with Crippen molar-refractivity contribution >= 4 is 5.91 Å². The van der Waals surface area contributed by atoms with Gasteiger partial charge in [0.15, 0.2) is 17.7 Å². The topological polar surface area (TPSA) is 38.3 Å². The van der Waals surface area contributed by atoms with Gasteiger partial charge in [-0.15, -0.1) is 0 Å². The smallest absolute Gasteiger partial charge is 0.369 e. The molecule has 1 aromatic carbocycles. The molecule has 0 aliphatic carbocycles. The summed E-state index contributed by atoms with van der Waals surface area (Å²) >= 11 is 0. The zero-order chi connectivity index (χ0) is 16.2. The lowest BCUT2D eigenvalue weighted by Crippen LogP contribution is -2.43. The van der Waals surface area contributed by atoms with Gasteiger partial charge in [-0.3, -0.25) is 4.79 Å². The van der Waals surface area contributed by atoms with Crippen molar-refractivity contribution < 1.29 is 31.5 Å². The van der Waals surface area contributed by atoms with Gasteiger partial charge < -0.3 is 10.1 Å². The van der Waals surface area contributed by atoms with Crippen LogP contribution in [0.5, 0.6) is 0 Å². The van der Waals surface area contributed by atoms with Gasteiger partial charge in [-0.05, 0) is 19.9 Å². The fourth-order valence-corrected chi connectivity index (χ4v) is 1.66. The Balaban J connectivity index is 3.08. The number of rotatable bonds is 5. The van der Waals surface area contributed by atoms with Gasteiger partial charge in [-0.25, -0.2) is 8.78 Å². The van der Waals surface area contributed by atoms with Crippen molar-refractivity contribution in [3.05, 3.63) is 35.4 Å². The summed E-state index contributed by atoms with van der Waals surface area (Å²) in [5.41, 5.74) is -0.987. The quantitative estimate of drug-likeness (QED) is 0.849. The molecule has 0 aromatic heterocycles. The number of hydrogen-bond acceptors (Lipinski definition) is 2. The molecule has 1 amide bonds. The Kier molecular flexibility index (Phi) is 5.65. The molecule has 8 heteroatoms. The summed E-state index contributed by atoms with van der Waals surface area (Å²) < 4.78 is 70.4. The molecule has 1 rings (SSSR count). The number of ether oxygens (including phenoxy) is 1. The van der Waals surface area contributed by atoms with Crippen LogP contribution in [0.3, 0.4) is 0 Å². The standard InChI is InChI=1S/C13H14F5NO2/c1-3-21-7(2)12(20)19-11(13(16,17)18)8-5-4-6-9(14)10(8)15/h4-7,11H,3H2,1-2H3,(H,19,20)/t7-,11-/m1/s1. The van der Waals surface area contributed by atoms with E-state index in [1.54, 1.807) is 12.2 Å². The first-order chi connectivity index (χ1) is 9.68. The van der Waals surface area contributed by atoms with E-state index in [9.17, 15) is 26.7 Å². The van der Waals surface area contributed by atoms with E-state index in [0.717, 1.165) is 12.1 Å². The van der Waals surface area contributed by atoms with E-state index in [1.807, 2.05) is 0 Å². The van der Waals surface area contributed by atoms with Gasteiger partial charge in [0, 0.05) is 12.2 Å². The van der Waals surface area contributed by atoms with Crippen LogP contribution in [-0.2, 0) is 9.53 Å². The summed E-state index contributed by atoms with van der Waals surface area (Å²) in [5.74, 6) is -4.14. The van der Waals surface area contributed by atoms with E-state index in [-0.39, 0.29) is 6.61 Å². The third kappa shape index (κ3) is 4.38. The van der Waals surface area contributed by atoms with Crippen LogP contribution in [0.4, 0.5) is 22.0 Å². The SMILES string of the molecule is CCO[C@H](C)C(=O)N[C@H](c1cccc(F)c1F)C(F)(F)F. The predicted molar refractivity (Wildman–Crippen MR) is 64.4 cm³/mol. The molecule has 0 saturated carbocycles. The van der Waals surface area contributed by atoms with Crippen LogP contribution in [0.1, 0.15) is 25.5 Å². The highest BCUT2D eigenvalue weighted by Crippen LogP contribution is 2.34. The minimum atomic E-state index is -4.98. The lowest BCUT2D eigenvalue weighted by Gasteiger charge is -2.24. The molecule has 0 spiro atoms. The van der Waals surface area contributed by atoms with Crippen molar-refractivity contribution in [2.45, 2.75) is 32.2 Å². The van der Waals surface area contributed by atoms with Gasteiger partial charge in [0.1, 0.15) is 6.10 Å². The summed E-state index contributed by atoms with van der Waals surface area (Å²) in [6.07, 6.45) is -6.12. The number of hydrogen-bond donors (Lipinski definition) is 1. The summed E-state index contributed by atoms with van der Waals surface area (Å²) in [6, 6.07) is -0.257. The van der Waals surface area contributed by atoms with Crippen molar-refractivity contribution in [1.82, 2.24) is 5.32 Å². The highest BCUT2D eigenvalue weighted by molar-refractivity contribution is 5.80. The van der Waals surface area contributed by atoms with E-state index in [1.165, 1.54) is 6.92 Å². The third-order valence-corrected chi connectivity index (χ3v) is 2.69. The van der Waals surface area contributed by atoms with Gasteiger partial charge >= 0.3 is 6.18 Å². The van der Waals surface area contributed by atoms with E-state index >= 15 is 0 Å². The average Bonchev–Trinajstić information content (AvgIpc) is 2.38. The third-order valence-electron chi connectivity index (χ3n) is 2.69. The number of alkyl halides is 3. The number of carbonyl (C=O) groups is 1. The second kappa shape index (κ2) is 6.84. The molecular formula is C13H14F5NO2. The van der Waals surface area contributed by atoms with Gasteiger partial charge in [0.25, 0.3) is 0 Å². The van der Waals surface area contributed by atoms with Crippen molar-refractivity contribution in [3.63, 3.8) is 0 Å². The van der Waals surface area contributed by atoms with Crippen molar-refractivity contribution in [2.24, 2.45) is 0 Å². The molecule has 0 radical (unpaired) electrons. The highest BCUT2D eigenvalue weighted by Gasteiger charge is 2.44. The maximum absolute atomic E-state index is 13.5. The summed E-state index contributed by atoms with van der Waals surface area (Å²) in [7, 11) is 0. The van der Waals surface area contributed by atoms with E-state index in [0.29, 0.717) is 6.07 Å². The minimum absolute atomic E-state index is 0.125. The highest BCUT2D eigenvalue weighted by atomic mass is 19.4. The molecule has 2 atom stereocenters. The van der Waals surface area contributed by atoms with Gasteiger partial charge in [-0.1, -0.05) is 12.1 Å². The molecule has 1 aromatic rings. The number of amides is 1. The summed E-state index contributed by atoms with van der Waals surface area (Å²) in [6.45, 7) is 2.95. The first-order valence-corrected chi connectivity index (χ1v) is 6.11.